The van der Waals surface area contributed by atoms with Crippen molar-refractivity contribution >= 4 is 29.1 Å². The molecule has 1 aromatic rings. The van der Waals surface area contributed by atoms with Gasteiger partial charge >= 0.3 is 23.3 Å². The average Bonchev–Trinajstić information content (AvgIpc) is 3.07. The van der Waals surface area contributed by atoms with Gasteiger partial charge in [0.1, 0.15) is 5.54 Å². The number of nitrogens with two attached hydrogens (primary N) is 1. The van der Waals surface area contributed by atoms with Crippen molar-refractivity contribution in [2.45, 2.75) is 24.7 Å². The van der Waals surface area contributed by atoms with Crippen LogP contribution in [0.25, 0.3) is 0 Å². The van der Waals surface area contributed by atoms with Gasteiger partial charge in [0, 0.05) is 19.0 Å². The molecule has 1 aromatic heterocycles. The van der Waals surface area contributed by atoms with Gasteiger partial charge in [-0.25, -0.2) is 5.10 Å². The van der Waals surface area contributed by atoms with Gasteiger partial charge in [-0.2, -0.15) is 12.7 Å². The van der Waals surface area contributed by atoms with Gasteiger partial charge in [-0.3, -0.25) is 9.52 Å². The fraction of sp³-hybridized carbons (Fsp3) is 0.700. The van der Waals surface area contributed by atoms with E-state index in [0.717, 1.165) is 4.31 Å². The van der Waals surface area contributed by atoms with E-state index in [1.165, 1.54) is 6.20 Å². The Morgan fingerprint density at radius 1 is 1.58 bits per heavy atom. The van der Waals surface area contributed by atoms with Crippen LogP contribution in [0.2, 0.25) is 6.32 Å². The molecule has 0 aromatic carbocycles. The highest BCUT2D eigenvalue weighted by Crippen LogP contribution is 2.32. The van der Waals surface area contributed by atoms with E-state index in [2.05, 4.69) is 20.1 Å². The fourth-order valence-corrected chi connectivity index (χ4v) is 3.93. The van der Waals surface area contributed by atoms with Crippen molar-refractivity contribution in [2.24, 2.45) is 11.7 Å². The molecule has 12 nitrogen and oxygen atoms in total. The van der Waals surface area contributed by atoms with Crippen molar-refractivity contribution < 1.29 is 28.4 Å². The third-order valence-electron chi connectivity index (χ3n) is 4.00. The van der Waals surface area contributed by atoms with Crippen LogP contribution in [0, 0.1) is 5.92 Å². The van der Waals surface area contributed by atoms with Crippen LogP contribution in [0.4, 0.5) is 5.82 Å². The lowest BCUT2D eigenvalue weighted by Gasteiger charge is -2.25. The molecule has 0 saturated carbocycles. The number of nitrogens with zero attached hydrogens (tertiary/aromatic N) is 3. The minimum Gasteiger partial charge on any atom is -0.480 e. The first-order chi connectivity index (χ1) is 11.1. The Labute approximate surface area is 138 Å². The predicted octanol–water partition coefficient (Wildman–Crippen LogP) is -2.57. The summed E-state index contributed by atoms with van der Waals surface area (Å²) in [5.41, 5.74) is 4.18. The van der Waals surface area contributed by atoms with E-state index in [0.29, 0.717) is 6.42 Å². The van der Waals surface area contributed by atoms with E-state index in [1.54, 1.807) is 0 Å². The maximum absolute atomic E-state index is 12.3. The zero-order valence-corrected chi connectivity index (χ0v) is 13.5. The second-order valence-electron chi connectivity index (χ2n) is 5.72. The van der Waals surface area contributed by atoms with Crippen molar-refractivity contribution in [2.75, 3.05) is 17.8 Å². The molecule has 0 bridgehead atoms. The van der Waals surface area contributed by atoms with Gasteiger partial charge in [0.05, 0.1) is 6.20 Å². The number of aliphatic carboxylic acids is 1. The molecule has 24 heavy (non-hydrogen) atoms. The zero-order chi connectivity index (χ0) is 18.0. The fourth-order valence-electron chi connectivity index (χ4n) is 2.67. The third kappa shape index (κ3) is 4.02. The number of nitrogens with one attached hydrogen (secondary N) is 2. The molecule has 14 heteroatoms. The Morgan fingerprint density at radius 2 is 2.29 bits per heavy atom. The number of H-pyrrole nitrogens is 1. The number of carboxylic acids is 1. The topological polar surface area (TPSA) is 195 Å². The number of rotatable bonds is 8. The normalized spacial score (nSPS) is 24.9. The molecule has 0 spiro atoms. The van der Waals surface area contributed by atoms with E-state index in [4.69, 9.17) is 15.8 Å². The zero-order valence-electron chi connectivity index (χ0n) is 12.7. The molecule has 2 rings (SSSR count). The molecule has 134 valence electrons. The highest BCUT2D eigenvalue weighted by atomic mass is 32.2. The Kier molecular flexibility index (Phi) is 5.44. The predicted molar refractivity (Wildman–Crippen MR) is 82.8 cm³/mol. The van der Waals surface area contributed by atoms with E-state index in [-0.39, 0.29) is 25.1 Å². The van der Waals surface area contributed by atoms with E-state index in [1.807, 2.05) is 0 Å². The standard InChI is InChI=1S/C10H19BN6O6S/c12-10(9(18)19)6-17(5-7(10)2-1-3-11(20)21)24(22,23)15-8-4-13-16-14-8/h4,7,20-21H,1-3,5-6,12H2,(H,18,19)(H2,13,14,15,16)/t7-,10-/m0/s1. The first kappa shape index (κ1) is 18.6. The van der Waals surface area contributed by atoms with Crippen LogP contribution >= 0.6 is 0 Å². The van der Waals surface area contributed by atoms with Crippen molar-refractivity contribution in [3.8, 4) is 0 Å². The van der Waals surface area contributed by atoms with Gasteiger partial charge in [-0.05, 0) is 12.7 Å². The Bertz CT molecular complexity index is 669. The van der Waals surface area contributed by atoms with Gasteiger partial charge < -0.3 is 20.9 Å². The SMILES string of the molecule is N[C@@]1(C(=O)O)CN(S(=O)(=O)Nc2cnn[nH]2)C[C@@H]1CCCB(O)O. The molecule has 1 aliphatic rings. The number of hydrogen-bond acceptors (Lipinski definition) is 8. The number of carbonyl (C=O) groups is 1. The number of anilines is 1. The molecule has 2 heterocycles. The second kappa shape index (κ2) is 7.02. The largest absolute Gasteiger partial charge is 0.480 e. The molecular formula is C10H19BN6O6S. The van der Waals surface area contributed by atoms with Gasteiger partial charge in [-0.15, -0.1) is 5.10 Å². The van der Waals surface area contributed by atoms with E-state index >= 15 is 0 Å². The quantitative estimate of drug-likeness (QED) is 0.269. The van der Waals surface area contributed by atoms with Crippen LogP contribution < -0.4 is 10.5 Å². The Morgan fingerprint density at radius 3 is 2.83 bits per heavy atom. The summed E-state index contributed by atoms with van der Waals surface area (Å²) in [5, 5.41) is 36.3. The molecule has 0 amide bonds. The highest BCUT2D eigenvalue weighted by Gasteiger charge is 2.52. The Hall–Kier alpha value is -1.74. The number of aromatic amines is 1. The molecule has 7 N–H and O–H groups in total. The van der Waals surface area contributed by atoms with Crippen LogP contribution in [-0.2, 0) is 15.0 Å². The summed E-state index contributed by atoms with van der Waals surface area (Å²) in [6.07, 6.45) is 1.77. The summed E-state index contributed by atoms with van der Waals surface area (Å²) < 4.78 is 27.8. The molecule has 0 aliphatic carbocycles. The van der Waals surface area contributed by atoms with Gasteiger partial charge in [0.15, 0.2) is 5.82 Å². The average molecular weight is 362 g/mol. The molecule has 1 saturated heterocycles. The minimum atomic E-state index is -4.03. The maximum Gasteiger partial charge on any atom is 0.451 e. The molecular weight excluding hydrogens is 343 g/mol. The van der Waals surface area contributed by atoms with Gasteiger partial charge in [0.25, 0.3) is 0 Å². The monoisotopic (exact) mass is 362 g/mol. The van der Waals surface area contributed by atoms with Gasteiger partial charge in [0.2, 0.25) is 0 Å². The van der Waals surface area contributed by atoms with Crippen molar-refractivity contribution in [3.63, 3.8) is 0 Å². The first-order valence-electron chi connectivity index (χ1n) is 7.17. The summed E-state index contributed by atoms with van der Waals surface area (Å²) in [6, 6.07) is 0. The molecule has 0 unspecified atom stereocenters. The van der Waals surface area contributed by atoms with Crippen LogP contribution in [0.1, 0.15) is 12.8 Å². The Balaban J connectivity index is 2.11. The molecule has 2 atom stereocenters. The summed E-state index contributed by atoms with van der Waals surface area (Å²) in [6.45, 7) is -0.493. The van der Waals surface area contributed by atoms with Crippen LogP contribution in [0.15, 0.2) is 6.20 Å². The highest BCUT2D eigenvalue weighted by molar-refractivity contribution is 7.90. The lowest BCUT2D eigenvalue weighted by molar-refractivity contribution is -0.144. The summed E-state index contributed by atoms with van der Waals surface area (Å²) >= 11 is 0. The summed E-state index contributed by atoms with van der Waals surface area (Å²) in [7, 11) is -5.53. The van der Waals surface area contributed by atoms with E-state index < -0.39 is 41.3 Å². The lowest BCUT2D eigenvalue weighted by Crippen LogP contribution is -2.55. The molecule has 0 radical (unpaired) electrons. The number of aromatic nitrogens is 3. The number of hydrogen-bond donors (Lipinski definition) is 6. The number of carboxylic acid groups (broad SMARTS) is 1. The minimum absolute atomic E-state index is 0.0415. The van der Waals surface area contributed by atoms with Crippen LogP contribution in [0.5, 0.6) is 0 Å². The summed E-state index contributed by atoms with van der Waals surface area (Å²) in [5.74, 6) is -1.93. The maximum atomic E-state index is 12.3. The van der Waals surface area contributed by atoms with Crippen molar-refractivity contribution in [1.29, 1.82) is 0 Å². The van der Waals surface area contributed by atoms with Crippen LogP contribution in [-0.4, -0.2) is 75.0 Å². The molecule has 1 fully saturated rings. The van der Waals surface area contributed by atoms with Gasteiger partial charge in [-0.1, -0.05) is 11.6 Å². The molecule has 1 aliphatic heterocycles. The smallest absolute Gasteiger partial charge is 0.451 e. The second-order valence-corrected chi connectivity index (χ2v) is 7.39. The van der Waals surface area contributed by atoms with Crippen molar-refractivity contribution in [3.05, 3.63) is 6.20 Å². The first-order valence-corrected chi connectivity index (χ1v) is 8.61. The van der Waals surface area contributed by atoms with E-state index in [9.17, 15) is 18.3 Å². The van der Waals surface area contributed by atoms with Crippen molar-refractivity contribution in [1.82, 2.24) is 19.7 Å². The third-order valence-corrected chi connectivity index (χ3v) is 5.43. The van der Waals surface area contributed by atoms with Crippen LogP contribution in [0.3, 0.4) is 0 Å². The summed E-state index contributed by atoms with van der Waals surface area (Å²) in [4.78, 5) is 11.5. The lowest BCUT2D eigenvalue weighted by atomic mass is 9.78.